The van der Waals surface area contributed by atoms with Crippen molar-refractivity contribution in [1.29, 1.82) is 0 Å². The Morgan fingerprint density at radius 1 is 1.00 bits per heavy atom. The largest absolute Gasteiger partial charge is 0.346 e. The van der Waals surface area contributed by atoms with Crippen molar-refractivity contribution in [2.75, 3.05) is 17.2 Å². The van der Waals surface area contributed by atoms with E-state index in [2.05, 4.69) is 20.9 Å². The quantitative estimate of drug-likeness (QED) is 0.523. The molecule has 1 aromatic heterocycles. The molecule has 0 saturated carbocycles. The molecule has 158 valence electrons. The SMILES string of the molecule is CC(C)[C@H](N)C(=O)NCC(=O)Nc1cccc(C(=O)Nc2ccncc2)c1.Cl.Cl. The number of pyridine rings is 1. The van der Waals surface area contributed by atoms with Gasteiger partial charge < -0.3 is 21.7 Å². The number of amides is 3. The van der Waals surface area contributed by atoms with E-state index in [4.69, 9.17) is 5.73 Å². The molecule has 8 nitrogen and oxygen atoms in total. The van der Waals surface area contributed by atoms with Gasteiger partial charge >= 0.3 is 0 Å². The lowest BCUT2D eigenvalue weighted by atomic mass is 10.1. The first-order valence-electron chi connectivity index (χ1n) is 8.51. The number of nitrogens with one attached hydrogen (secondary N) is 3. The number of anilines is 2. The Balaban J connectivity index is 0.00000392. The fraction of sp³-hybridized carbons (Fsp3) is 0.263. The zero-order valence-electron chi connectivity index (χ0n) is 16.0. The standard InChI is InChI=1S/C19H23N5O3.2ClH/c1-12(2)17(20)19(27)22-11-16(25)23-15-5-3-4-13(10-15)18(26)24-14-6-8-21-9-7-14;;/h3-10,12,17H,11,20H2,1-2H3,(H,22,27)(H,23,25)(H,21,24,26);2*1H/t17-;;/m0../s1. The Hall–Kier alpha value is -2.68. The van der Waals surface area contributed by atoms with Gasteiger partial charge in [-0.2, -0.15) is 0 Å². The minimum Gasteiger partial charge on any atom is -0.346 e. The topological polar surface area (TPSA) is 126 Å². The molecule has 1 atom stereocenters. The summed E-state index contributed by atoms with van der Waals surface area (Å²) in [7, 11) is 0. The Labute approximate surface area is 181 Å². The number of rotatable bonds is 7. The number of nitrogens with zero attached hydrogens (tertiary/aromatic N) is 1. The molecule has 3 amide bonds. The molecule has 0 aliphatic carbocycles. The van der Waals surface area contributed by atoms with Crippen LogP contribution in [-0.2, 0) is 9.59 Å². The van der Waals surface area contributed by atoms with Crippen molar-refractivity contribution >= 4 is 53.9 Å². The molecule has 2 rings (SSSR count). The van der Waals surface area contributed by atoms with Crippen LogP contribution in [0.2, 0.25) is 0 Å². The second-order valence-electron chi connectivity index (χ2n) is 6.31. The van der Waals surface area contributed by atoms with Gasteiger partial charge in [-0.3, -0.25) is 19.4 Å². The van der Waals surface area contributed by atoms with Crippen molar-refractivity contribution in [3.05, 3.63) is 54.4 Å². The maximum absolute atomic E-state index is 12.3. The van der Waals surface area contributed by atoms with Crippen LogP contribution in [0, 0.1) is 5.92 Å². The minimum atomic E-state index is -0.669. The van der Waals surface area contributed by atoms with E-state index in [0.717, 1.165) is 0 Å². The van der Waals surface area contributed by atoms with Crippen LogP contribution in [-0.4, -0.2) is 35.3 Å². The minimum absolute atomic E-state index is 0. The average molecular weight is 442 g/mol. The lowest BCUT2D eigenvalue weighted by Crippen LogP contribution is -2.46. The Morgan fingerprint density at radius 2 is 1.66 bits per heavy atom. The lowest BCUT2D eigenvalue weighted by molar-refractivity contribution is -0.125. The zero-order chi connectivity index (χ0) is 19.8. The highest BCUT2D eigenvalue weighted by molar-refractivity contribution is 6.05. The summed E-state index contributed by atoms with van der Waals surface area (Å²) in [6, 6.07) is 9.18. The summed E-state index contributed by atoms with van der Waals surface area (Å²) in [5.41, 5.74) is 7.18. The van der Waals surface area contributed by atoms with Crippen LogP contribution < -0.4 is 21.7 Å². The number of hydrogen-bond donors (Lipinski definition) is 4. The molecule has 2 aromatic rings. The van der Waals surface area contributed by atoms with Gasteiger partial charge in [0.25, 0.3) is 5.91 Å². The number of carbonyl (C=O) groups is 3. The van der Waals surface area contributed by atoms with Crippen molar-refractivity contribution in [2.24, 2.45) is 11.7 Å². The van der Waals surface area contributed by atoms with E-state index in [1.54, 1.807) is 48.8 Å². The van der Waals surface area contributed by atoms with E-state index < -0.39 is 11.9 Å². The first kappa shape index (κ1) is 26.3. The molecule has 0 aliphatic heterocycles. The molecule has 0 unspecified atom stereocenters. The van der Waals surface area contributed by atoms with E-state index in [1.165, 1.54) is 0 Å². The Bertz CT molecular complexity index is 819. The number of carbonyl (C=O) groups excluding carboxylic acids is 3. The molecule has 0 radical (unpaired) electrons. The van der Waals surface area contributed by atoms with Crippen molar-refractivity contribution in [2.45, 2.75) is 19.9 Å². The molecule has 1 aromatic carbocycles. The maximum atomic E-state index is 12.3. The van der Waals surface area contributed by atoms with E-state index in [1.807, 2.05) is 13.8 Å². The first-order valence-corrected chi connectivity index (χ1v) is 8.51. The van der Waals surface area contributed by atoms with Crippen LogP contribution in [0.3, 0.4) is 0 Å². The molecule has 0 aliphatic rings. The van der Waals surface area contributed by atoms with Gasteiger partial charge in [-0.05, 0) is 36.2 Å². The number of hydrogen-bond acceptors (Lipinski definition) is 5. The highest BCUT2D eigenvalue weighted by Crippen LogP contribution is 2.13. The second-order valence-corrected chi connectivity index (χ2v) is 6.31. The predicted octanol–water partition coefficient (Wildman–Crippen LogP) is 2.22. The van der Waals surface area contributed by atoms with Crippen LogP contribution in [0.5, 0.6) is 0 Å². The van der Waals surface area contributed by atoms with Gasteiger partial charge in [-0.25, -0.2) is 0 Å². The van der Waals surface area contributed by atoms with Gasteiger partial charge in [0, 0.05) is 29.3 Å². The van der Waals surface area contributed by atoms with Crippen molar-refractivity contribution < 1.29 is 14.4 Å². The van der Waals surface area contributed by atoms with E-state index in [0.29, 0.717) is 16.9 Å². The summed E-state index contributed by atoms with van der Waals surface area (Å²) in [4.78, 5) is 40.0. The third-order valence-corrected chi connectivity index (χ3v) is 3.79. The lowest BCUT2D eigenvalue weighted by Gasteiger charge is -2.15. The second kappa shape index (κ2) is 12.7. The summed E-state index contributed by atoms with van der Waals surface area (Å²) < 4.78 is 0. The monoisotopic (exact) mass is 441 g/mol. The van der Waals surface area contributed by atoms with Crippen molar-refractivity contribution in [3.8, 4) is 0 Å². The molecule has 29 heavy (non-hydrogen) atoms. The summed E-state index contributed by atoms with van der Waals surface area (Å²) in [6.45, 7) is 3.45. The summed E-state index contributed by atoms with van der Waals surface area (Å²) in [6.07, 6.45) is 3.15. The summed E-state index contributed by atoms with van der Waals surface area (Å²) >= 11 is 0. The average Bonchev–Trinajstić information content (AvgIpc) is 2.66. The molecule has 5 N–H and O–H groups in total. The molecule has 0 bridgehead atoms. The van der Waals surface area contributed by atoms with Crippen LogP contribution in [0.1, 0.15) is 24.2 Å². The van der Waals surface area contributed by atoms with E-state index in [9.17, 15) is 14.4 Å². The van der Waals surface area contributed by atoms with Gasteiger partial charge in [0.15, 0.2) is 0 Å². The van der Waals surface area contributed by atoms with Crippen LogP contribution in [0.25, 0.3) is 0 Å². The smallest absolute Gasteiger partial charge is 0.255 e. The number of aromatic nitrogens is 1. The highest BCUT2D eigenvalue weighted by Gasteiger charge is 2.17. The van der Waals surface area contributed by atoms with Gasteiger partial charge in [0.2, 0.25) is 11.8 Å². The van der Waals surface area contributed by atoms with Crippen LogP contribution in [0.15, 0.2) is 48.8 Å². The van der Waals surface area contributed by atoms with Gasteiger partial charge in [-0.15, -0.1) is 24.8 Å². The molecule has 1 heterocycles. The van der Waals surface area contributed by atoms with Crippen molar-refractivity contribution in [1.82, 2.24) is 10.3 Å². The molecule has 0 saturated heterocycles. The predicted molar refractivity (Wildman–Crippen MR) is 118 cm³/mol. The molecule has 0 fully saturated rings. The molecule has 0 spiro atoms. The fourth-order valence-corrected chi connectivity index (χ4v) is 2.17. The molecular weight excluding hydrogens is 417 g/mol. The number of halogens is 2. The van der Waals surface area contributed by atoms with Gasteiger partial charge in [-0.1, -0.05) is 19.9 Å². The van der Waals surface area contributed by atoms with Crippen LogP contribution >= 0.6 is 24.8 Å². The number of benzene rings is 1. The highest BCUT2D eigenvalue weighted by atomic mass is 35.5. The van der Waals surface area contributed by atoms with Crippen LogP contribution in [0.4, 0.5) is 11.4 Å². The fourth-order valence-electron chi connectivity index (χ4n) is 2.17. The van der Waals surface area contributed by atoms with E-state index in [-0.39, 0.29) is 49.1 Å². The van der Waals surface area contributed by atoms with Gasteiger partial charge in [0.05, 0.1) is 12.6 Å². The molecular formula is C19H25Cl2N5O3. The Morgan fingerprint density at radius 3 is 2.28 bits per heavy atom. The first-order chi connectivity index (χ1) is 12.9. The normalized spacial score (nSPS) is 10.8. The summed E-state index contributed by atoms with van der Waals surface area (Å²) in [5, 5.41) is 7.87. The maximum Gasteiger partial charge on any atom is 0.255 e. The van der Waals surface area contributed by atoms with Crippen molar-refractivity contribution in [3.63, 3.8) is 0 Å². The third-order valence-electron chi connectivity index (χ3n) is 3.79. The molecule has 10 heteroatoms. The zero-order valence-corrected chi connectivity index (χ0v) is 17.7. The Kier molecular flexibility index (Phi) is 11.5. The van der Waals surface area contributed by atoms with E-state index >= 15 is 0 Å². The number of nitrogens with two attached hydrogens (primary N) is 1. The third kappa shape index (κ3) is 8.47. The summed E-state index contributed by atoms with van der Waals surface area (Å²) in [5.74, 6) is -1.13. The van der Waals surface area contributed by atoms with Gasteiger partial charge in [0.1, 0.15) is 0 Å².